The van der Waals surface area contributed by atoms with Crippen molar-refractivity contribution in [3.05, 3.63) is 99.0 Å². The predicted molar refractivity (Wildman–Crippen MR) is 214 cm³/mol. The molecule has 2 amide bonds. The van der Waals surface area contributed by atoms with Gasteiger partial charge in [0.1, 0.15) is 28.3 Å². The summed E-state index contributed by atoms with van der Waals surface area (Å²) in [6.45, 7) is 4.18. The van der Waals surface area contributed by atoms with Crippen LogP contribution >= 0.6 is 58.2 Å². The first-order valence-electron chi connectivity index (χ1n) is 16.2. The molecular weight excluding hydrogens is 788 g/mol. The van der Waals surface area contributed by atoms with Gasteiger partial charge < -0.3 is 14.2 Å². The number of carbonyl (C=O) groups excluding carboxylic acids is 2. The van der Waals surface area contributed by atoms with Crippen molar-refractivity contribution in [3.8, 4) is 11.5 Å². The van der Waals surface area contributed by atoms with Crippen molar-refractivity contribution in [1.29, 1.82) is 0 Å². The van der Waals surface area contributed by atoms with Crippen LogP contribution in [0.4, 0.5) is 22.7 Å². The Morgan fingerprint density at radius 3 is 2.35 bits per heavy atom. The van der Waals surface area contributed by atoms with Gasteiger partial charge in [-0.25, -0.2) is 10.0 Å². The largest absolute Gasteiger partial charge is 0.494 e. The number of carbonyl (C=O) groups is 2. The minimum absolute atomic E-state index is 0.133. The molecule has 4 aromatic rings. The number of hydrogen-bond acceptors (Lipinski definition) is 7. The van der Waals surface area contributed by atoms with E-state index in [1.165, 1.54) is 34.8 Å². The number of amidine groups is 1. The molecule has 1 fully saturated rings. The first-order chi connectivity index (χ1) is 24.9. The van der Waals surface area contributed by atoms with Crippen LogP contribution in [0.2, 0.25) is 20.1 Å². The number of anilines is 3. The highest BCUT2D eigenvalue weighted by molar-refractivity contribution is 8.01. The molecule has 0 saturated carbocycles. The fourth-order valence-electron chi connectivity index (χ4n) is 5.05. The Bertz CT molecular complexity index is 1960. The maximum Gasteiger partial charge on any atom is 0.318 e. The molecule has 16 heteroatoms. The standard InChI is InChI=1S/C36H35Cl4N5O5S2/c1-4-5-6-9-18-49-25-13-15-26(16-14-25)50-52(48)44(3)31-10-7-8-11-32(31)51-34-35(42-30-21-24(41-22(2)46)12-17-27(30)38)43-45(36(34)47)33-28(39)19-23(37)20-29(33)40/h7-8,10-17,19-21,34H,4-6,9,18H2,1-3H3,(H,41,46)(H,42,43). The molecule has 0 radical (unpaired) electrons. The summed E-state index contributed by atoms with van der Waals surface area (Å²) >= 11 is 24.9. The maximum absolute atomic E-state index is 14.2. The summed E-state index contributed by atoms with van der Waals surface area (Å²) in [5, 5.41) is 3.76. The number of hydrazine groups is 1. The van der Waals surface area contributed by atoms with Gasteiger partial charge >= 0.3 is 11.3 Å². The van der Waals surface area contributed by atoms with E-state index in [1.807, 2.05) is 0 Å². The first kappa shape index (κ1) is 39.6. The number of benzene rings is 4. The highest BCUT2D eigenvalue weighted by Gasteiger charge is 2.41. The molecule has 0 bridgehead atoms. The topological polar surface area (TPSA) is 113 Å². The fourth-order valence-corrected chi connectivity index (χ4v) is 8.12. The Balaban J connectivity index is 1.41. The lowest BCUT2D eigenvalue weighted by Crippen LogP contribution is -2.36. The van der Waals surface area contributed by atoms with E-state index in [4.69, 9.17) is 60.3 Å². The zero-order valence-electron chi connectivity index (χ0n) is 28.3. The Labute approximate surface area is 329 Å². The fraction of sp³-hybridized carbons (Fsp3) is 0.250. The number of amides is 2. The van der Waals surface area contributed by atoms with Crippen molar-refractivity contribution < 1.29 is 22.7 Å². The number of nitrogens with one attached hydrogen (secondary N) is 2. The lowest BCUT2D eigenvalue weighted by Gasteiger charge is -2.21. The smallest absolute Gasteiger partial charge is 0.318 e. The molecule has 1 heterocycles. The van der Waals surface area contributed by atoms with E-state index < -0.39 is 22.4 Å². The summed E-state index contributed by atoms with van der Waals surface area (Å²) in [7, 11) is 1.62. The minimum Gasteiger partial charge on any atom is -0.494 e. The molecule has 5 rings (SSSR count). The maximum atomic E-state index is 14.2. The number of aliphatic imine (C=N–C) groups is 1. The van der Waals surface area contributed by atoms with Crippen LogP contribution in [0, 0.1) is 0 Å². The van der Waals surface area contributed by atoms with Crippen molar-refractivity contribution in [2.45, 2.75) is 49.7 Å². The highest BCUT2D eigenvalue weighted by Crippen LogP contribution is 2.42. The lowest BCUT2D eigenvalue weighted by atomic mass is 10.2. The zero-order chi connectivity index (χ0) is 37.4. The summed E-state index contributed by atoms with van der Waals surface area (Å²) in [5.41, 5.74) is 4.50. The summed E-state index contributed by atoms with van der Waals surface area (Å²) in [5.74, 6) is 0.565. The van der Waals surface area contributed by atoms with E-state index in [-0.39, 0.29) is 38.2 Å². The van der Waals surface area contributed by atoms with Gasteiger partial charge in [-0.1, -0.05) is 84.7 Å². The second-order valence-electron chi connectivity index (χ2n) is 11.5. The summed E-state index contributed by atoms with van der Waals surface area (Å²) in [6.07, 6.45) is 4.43. The molecule has 0 aliphatic carbocycles. The molecular formula is C36H35Cl4N5O5S2. The Hall–Kier alpha value is -3.65. The van der Waals surface area contributed by atoms with Gasteiger partial charge in [-0.2, -0.15) is 4.21 Å². The quantitative estimate of drug-likeness (QED) is 0.115. The average molecular weight is 824 g/mol. The third-order valence-electron chi connectivity index (χ3n) is 7.56. The molecule has 4 aromatic carbocycles. The lowest BCUT2D eigenvalue weighted by molar-refractivity contribution is -0.116. The van der Waals surface area contributed by atoms with Gasteiger partial charge in [-0.15, -0.1) is 11.8 Å². The van der Waals surface area contributed by atoms with Gasteiger partial charge in [0.05, 0.1) is 33.0 Å². The molecule has 52 heavy (non-hydrogen) atoms. The zero-order valence-corrected chi connectivity index (χ0v) is 33.0. The van der Waals surface area contributed by atoms with Gasteiger partial charge in [0.2, 0.25) is 5.91 Å². The number of para-hydroxylation sites is 1. The summed E-state index contributed by atoms with van der Waals surface area (Å²) in [4.78, 5) is 31.3. The second kappa shape index (κ2) is 18.4. The van der Waals surface area contributed by atoms with Crippen LogP contribution in [0.1, 0.15) is 39.5 Å². The van der Waals surface area contributed by atoms with Gasteiger partial charge in [0, 0.05) is 29.6 Å². The van der Waals surface area contributed by atoms with Crippen LogP contribution in [0.15, 0.2) is 88.8 Å². The third kappa shape index (κ3) is 10.1. The van der Waals surface area contributed by atoms with E-state index in [2.05, 4.69) is 17.7 Å². The number of rotatable bonds is 15. The van der Waals surface area contributed by atoms with Gasteiger partial charge in [-0.3, -0.25) is 19.3 Å². The SMILES string of the molecule is CCCCCCOc1ccc(OS(=O)N(C)c2ccccc2SC2C(=O)N(c3c(Cl)cc(Cl)cc3Cl)NC2=Nc2cc(NC(C)=O)ccc2Cl)cc1. The van der Waals surface area contributed by atoms with Crippen LogP contribution < -0.4 is 29.0 Å². The number of nitrogens with zero attached hydrogens (tertiary/aromatic N) is 3. The van der Waals surface area contributed by atoms with Crippen LogP contribution in [0.3, 0.4) is 0 Å². The normalized spacial score (nSPS) is 15.4. The monoisotopic (exact) mass is 821 g/mol. The van der Waals surface area contributed by atoms with E-state index >= 15 is 0 Å². The summed E-state index contributed by atoms with van der Waals surface area (Å²) < 4.78 is 26.6. The van der Waals surface area contributed by atoms with Crippen molar-refractivity contribution in [2.24, 2.45) is 4.99 Å². The molecule has 1 saturated heterocycles. The predicted octanol–water partition coefficient (Wildman–Crippen LogP) is 10.1. The molecule has 2 N–H and O–H groups in total. The molecule has 0 spiro atoms. The Morgan fingerprint density at radius 1 is 0.962 bits per heavy atom. The number of halogens is 4. The van der Waals surface area contributed by atoms with E-state index in [0.717, 1.165) is 31.0 Å². The summed E-state index contributed by atoms with van der Waals surface area (Å²) in [6, 6.07) is 21.9. The number of hydrogen-bond donors (Lipinski definition) is 2. The first-order valence-corrected chi connectivity index (χ1v) is 19.6. The Morgan fingerprint density at radius 2 is 1.65 bits per heavy atom. The van der Waals surface area contributed by atoms with Gasteiger partial charge in [-0.05, 0) is 73.2 Å². The molecule has 1 aliphatic rings. The van der Waals surface area contributed by atoms with Gasteiger partial charge in [0.15, 0.2) is 0 Å². The van der Waals surface area contributed by atoms with Crippen molar-refractivity contribution in [2.75, 3.05) is 28.3 Å². The van der Waals surface area contributed by atoms with Crippen LogP contribution in [0.25, 0.3) is 0 Å². The van der Waals surface area contributed by atoms with Crippen molar-refractivity contribution >= 4 is 110 Å². The van der Waals surface area contributed by atoms with Crippen LogP contribution in [0.5, 0.6) is 11.5 Å². The van der Waals surface area contributed by atoms with Crippen LogP contribution in [-0.2, 0) is 20.9 Å². The van der Waals surface area contributed by atoms with Gasteiger partial charge in [0.25, 0.3) is 5.91 Å². The van der Waals surface area contributed by atoms with Crippen molar-refractivity contribution in [3.63, 3.8) is 0 Å². The Kier molecular flexibility index (Phi) is 14.0. The van der Waals surface area contributed by atoms with Crippen LogP contribution in [-0.4, -0.2) is 40.8 Å². The number of thioether (sulfide) groups is 1. The average Bonchev–Trinajstić information content (AvgIpc) is 3.39. The minimum atomic E-state index is -1.96. The third-order valence-corrected chi connectivity index (χ3v) is 10.9. The molecule has 0 aromatic heterocycles. The number of unbranched alkanes of at least 4 members (excludes halogenated alkanes) is 3. The molecule has 2 unspecified atom stereocenters. The number of ether oxygens (including phenoxy) is 1. The molecule has 10 nitrogen and oxygen atoms in total. The van der Waals surface area contributed by atoms with Crippen molar-refractivity contribution in [1.82, 2.24) is 5.43 Å². The molecule has 2 atom stereocenters. The second-order valence-corrected chi connectivity index (χ2v) is 15.4. The molecule has 274 valence electrons. The van der Waals surface area contributed by atoms with E-state index in [9.17, 15) is 13.8 Å². The molecule has 1 aliphatic heterocycles. The van der Waals surface area contributed by atoms with E-state index in [0.29, 0.717) is 39.4 Å². The highest BCUT2D eigenvalue weighted by atomic mass is 35.5. The van der Waals surface area contributed by atoms with E-state index in [1.54, 1.807) is 73.8 Å².